The van der Waals surface area contributed by atoms with E-state index in [1.807, 2.05) is 26.0 Å². The van der Waals surface area contributed by atoms with E-state index < -0.39 is 5.97 Å². The Morgan fingerprint density at radius 3 is 2.38 bits per heavy atom. The lowest BCUT2D eigenvalue weighted by Crippen LogP contribution is -2.13. The summed E-state index contributed by atoms with van der Waals surface area (Å²) in [6, 6.07) is 5.99. The molecule has 0 aliphatic rings. The number of hydrogen-bond acceptors (Lipinski definition) is 2. The van der Waals surface area contributed by atoms with Crippen molar-refractivity contribution in [3.8, 4) is 5.75 Å². The Bertz CT molecular complexity index is 351. The molecule has 0 saturated heterocycles. The van der Waals surface area contributed by atoms with Crippen LogP contribution in [-0.2, 0) is 4.79 Å². The number of ether oxygens (including phenoxy) is 1. The zero-order chi connectivity index (χ0) is 12.1. The molecule has 1 rings (SSSR count). The predicted molar refractivity (Wildman–Crippen MR) is 62.8 cm³/mol. The highest BCUT2D eigenvalue weighted by Crippen LogP contribution is 2.16. The fourth-order valence-corrected chi connectivity index (χ4v) is 1.49. The number of rotatable bonds is 5. The summed E-state index contributed by atoms with van der Waals surface area (Å²) in [6.07, 6.45) is 0.530. The van der Waals surface area contributed by atoms with Crippen molar-refractivity contribution in [2.75, 3.05) is 6.61 Å². The van der Waals surface area contributed by atoms with Crippen LogP contribution in [0.15, 0.2) is 18.2 Å². The normalized spacial score (nSPS) is 12.2. The number of carboxylic acid groups (broad SMARTS) is 1. The molecule has 0 radical (unpaired) electrons. The van der Waals surface area contributed by atoms with Crippen LogP contribution in [0.4, 0.5) is 0 Å². The van der Waals surface area contributed by atoms with E-state index in [9.17, 15) is 4.79 Å². The van der Waals surface area contributed by atoms with Crippen molar-refractivity contribution < 1.29 is 14.6 Å². The average molecular weight is 222 g/mol. The third-order valence-electron chi connectivity index (χ3n) is 2.44. The second kappa shape index (κ2) is 5.54. The molecule has 0 fully saturated rings. The summed E-state index contributed by atoms with van der Waals surface area (Å²) >= 11 is 0. The Morgan fingerprint density at radius 2 is 1.88 bits per heavy atom. The summed E-state index contributed by atoms with van der Waals surface area (Å²) in [7, 11) is 0. The largest absolute Gasteiger partial charge is 0.494 e. The summed E-state index contributed by atoms with van der Waals surface area (Å²) < 4.78 is 5.53. The third-order valence-corrected chi connectivity index (χ3v) is 2.44. The zero-order valence-electron chi connectivity index (χ0n) is 9.99. The van der Waals surface area contributed by atoms with Crippen LogP contribution >= 0.6 is 0 Å². The van der Waals surface area contributed by atoms with Crippen molar-refractivity contribution >= 4 is 5.97 Å². The number of hydrogen-bond donors (Lipinski definition) is 1. The highest BCUT2D eigenvalue weighted by Gasteiger charge is 2.10. The Morgan fingerprint density at radius 1 is 1.31 bits per heavy atom. The van der Waals surface area contributed by atoms with Gasteiger partial charge in [-0.25, -0.2) is 0 Å². The van der Waals surface area contributed by atoms with Crippen molar-refractivity contribution in [3.05, 3.63) is 29.3 Å². The van der Waals surface area contributed by atoms with Crippen molar-refractivity contribution in [1.82, 2.24) is 0 Å². The fourth-order valence-electron chi connectivity index (χ4n) is 1.49. The molecular formula is C13H18O3. The second-order valence-corrected chi connectivity index (χ2v) is 4.20. The van der Waals surface area contributed by atoms with Crippen LogP contribution in [-0.4, -0.2) is 17.7 Å². The van der Waals surface area contributed by atoms with Crippen molar-refractivity contribution in [2.24, 2.45) is 5.92 Å². The van der Waals surface area contributed by atoms with Crippen molar-refractivity contribution in [1.29, 1.82) is 0 Å². The van der Waals surface area contributed by atoms with Gasteiger partial charge < -0.3 is 9.84 Å². The first kappa shape index (κ1) is 12.6. The molecule has 0 amide bonds. The number of aryl methyl sites for hydroxylation is 2. The molecule has 0 aliphatic carbocycles. The fraction of sp³-hybridized carbons (Fsp3) is 0.462. The van der Waals surface area contributed by atoms with Gasteiger partial charge in [0.05, 0.1) is 12.5 Å². The summed E-state index contributed by atoms with van der Waals surface area (Å²) in [6.45, 7) is 6.16. The summed E-state index contributed by atoms with van der Waals surface area (Å²) in [4.78, 5) is 10.6. The van der Waals surface area contributed by atoms with E-state index in [0.29, 0.717) is 13.0 Å². The van der Waals surface area contributed by atoms with E-state index in [-0.39, 0.29) is 5.92 Å². The van der Waals surface area contributed by atoms with Crippen LogP contribution in [0.1, 0.15) is 24.5 Å². The summed E-state index contributed by atoms with van der Waals surface area (Å²) in [5.41, 5.74) is 2.31. The number of benzene rings is 1. The van der Waals surface area contributed by atoms with Crippen LogP contribution < -0.4 is 4.74 Å². The molecule has 1 aromatic carbocycles. The molecule has 0 aliphatic heterocycles. The van der Waals surface area contributed by atoms with Crippen molar-refractivity contribution in [3.63, 3.8) is 0 Å². The Hall–Kier alpha value is -1.51. The molecule has 1 unspecified atom stereocenters. The Kier molecular flexibility index (Phi) is 4.35. The smallest absolute Gasteiger partial charge is 0.306 e. The molecule has 88 valence electrons. The van der Waals surface area contributed by atoms with E-state index in [2.05, 4.69) is 6.07 Å². The lowest BCUT2D eigenvalue weighted by Gasteiger charge is -2.10. The van der Waals surface area contributed by atoms with Gasteiger partial charge in [-0.2, -0.15) is 0 Å². The van der Waals surface area contributed by atoms with Crippen molar-refractivity contribution in [2.45, 2.75) is 27.2 Å². The zero-order valence-corrected chi connectivity index (χ0v) is 9.99. The minimum Gasteiger partial charge on any atom is -0.494 e. The molecule has 0 saturated carbocycles. The topological polar surface area (TPSA) is 46.5 Å². The highest BCUT2D eigenvalue weighted by molar-refractivity contribution is 5.69. The first-order valence-corrected chi connectivity index (χ1v) is 5.43. The molecule has 0 heterocycles. The maximum Gasteiger partial charge on any atom is 0.306 e. The van der Waals surface area contributed by atoms with E-state index >= 15 is 0 Å². The number of carboxylic acids is 1. The Labute approximate surface area is 96.1 Å². The van der Waals surface area contributed by atoms with Gasteiger partial charge in [-0.05, 0) is 43.5 Å². The van der Waals surface area contributed by atoms with Crippen LogP contribution in [0.25, 0.3) is 0 Å². The van der Waals surface area contributed by atoms with Crippen LogP contribution in [0, 0.1) is 19.8 Å². The Balaban J connectivity index is 2.46. The van der Waals surface area contributed by atoms with Crippen LogP contribution in [0.3, 0.4) is 0 Å². The molecule has 1 aromatic rings. The lowest BCUT2D eigenvalue weighted by atomic mass is 10.1. The monoisotopic (exact) mass is 222 g/mol. The lowest BCUT2D eigenvalue weighted by molar-refractivity contribution is -0.141. The number of carbonyl (C=O) groups is 1. The van der Waals surface area contributed by atoms with Gasteiger partial charge in [0.15, 0.2) is 0 Å². The van der Waals surface area contributed by atoms with E-state index in [4.69, 9.17) is 9.84 Å². The van der Waals surface area contributed by atoms with Gasteiger partial charge in [0.2, 0.25) is 0 Å². The van der Waals surface area contributed by atoms with Gasteiger partial charge in [-0.15, -0.1) is 0 Å². The van der Waals surface area contributed by atoms with E-state index in [1.54, 1.807) is 6.92 Å². The van der Waals surface area contributed by atoms with Gasteiger partial charge in [0.25, 0.3) is 0 Å². The highest BCUT2D eigenvalue weighted by atomic mass is 16.5. The molecule has 1 N–H and O–H groups in total. The number of aliphatic carboxylic acids is 1. The minimum absolute atomic E-state index is 0.356. The molecule has 1 atom stereocenters. The molecule has 0 aromatic heterocycles. The molecule has 0 bridgehead atoms. The molecule has 3 nitrogen and oxygen atoms in total. The van der Waals surface area contributed by atoms with Gasteiger partial charge >= 0.3 is 5.97 Å². The standard InChI is InChI=1S/C13H18O3/c1-9-6-10(2)8-12(7-9)16-5-4-11(3)13(14)15/h6-8,11H,4-5H2,1-3H3,(H,14,15). The van der Waals surface area contributed by atoms with Gasteiger partial charge in [0.1, 0.15) is 5.75 Å². The summed E-state index contributed by atoms with van der Waals surface area (Å²) in [5.74, 6) is -0.315. The molecule has 3 heteroatoms. The predicted octanol–water partition coefficient (Wildman–Crippen LogP) is 2.79. The van der Waals surface area contributed by atoms with Gasteiger partial charge in [0, 0.05) is 0 Å². The molecule has 0 spiro atoms. The summed E-state index contributed by atoms with van der Waals surface area (Å²) in [5, 5.41) is 8.71. The average Bonchev–Trinajstić information content (AvgIpc) is 2.15. The minimum atomic E-state index is -0.774. The first-order valence-electron chi connectivity index (χ1n) is 5.43. The second-order valence-electron chi connectivity index (χ2n) is 4.20. The van der Waals surface area contributed by atoms with Gasteiger partial charge in [-0.1, -0.05) is 13.0 Å². The first-order chi connectivity index (χ1) is 7.49. The maximum absolute atomic E-state index is 10.6. The third kappa shape index (κ3) is 3.93. The van der Waals surface area contributed by atoms with Gasteiger partial charge in [-0.3, -0.25) is 4.79 Å². The van der Waals surface area contributed by atoms with E-state index in [0.717, 1.165) is 16.9 Å². The molecule has 16 heavy (non-hydrogen) atoms. The van der Waals surface area contributed by atoms with Crippen LogP contribution in [0.2, 0.25) is 0 Å². The maximum atomic E-state index is 10.6. The van der Waals surface area contributed by atoms with Crippen LogP contribution in [0.5, 0.6) is 5.75 Å². The SMILES string of the molecule is Cc1cc(C)cc(OCCC(C)C(=O)O)c1. The van der Waals surface area contributed by atoms with E-state index in [1.165, 1.54) is 0 Å². The quantitative estimate of drug-likeness (QED) is 0.833. The molecular weight excluding hydrogens is 204 g/mol.